The van der Waals surface area contributed by atoms with Gasteiger partial charge in [0.15, 0.2) is 0 Å². The predicted octanol–water partition coefficient (Wildman–Crippen LogP) is 0.895. The molecule has 0 aliphatic heterocycles. The largest absolute Gasteiger partial charge is 0.355 e. The number of carbonyl (C=O) groups excluding carboxylic acids is 1. The number of hydrogen-bond donors (Lipinski definition) is 1. The van der Waals surface area contributed by atoms with Gasteiger partial charge in [0.05, 0.1) is 11.4 Å². The molecule has 0 unspecified atom stereocenters. The third-order valence-electron chi connectivity index (χ3n) is 3.27. The van der Waals surface area contributed by atoms with Crippen LogP contribution in [0.15, 0.2) is 29.2 Å². The number of likely N-dealkylation sites (N-methyl/N-ethyl adjacent to an activating group) is 2. The molecule has 0 atom stereocenters. The highest BCUT2D eigenvalue weighted by molar-refractivity contribution is 7.89. The highest BCUT2D eigenvalue weighted by Crippen LogP contribution is 2.16. The van der Waals surface area contributed by atoms with Crippen LogP contribution in [0, 0.1) is 0 Å². The summed E-state index contributed by atoms with van der Waals surface area (Å²) >= 11 is 0. The van der Waals surface area contributed by atoms with E-state index in [2.05, 4.69) is 5.32 Å². The number of hydrogen-bond acceptors (Lipinski definition) is 4. The number of amides is 1. The van der Waals surface area contributed by atoms with Gasteiger partial charge in [-0.2, -0.15) is 0 Å². The van der Waals surface area contributed by atoms with E-state index >= 15 is 0 Å². The lowest BCUT2D eigenvalue weighted by atomic mass is 10.2. The lowest BCUT2D eigenvalue weighted by molar-refractivity contribution is -0.122. The Bertz CT molecular complexity index is 600. The van der Waals surface area contributed by atoms with Gasteiger partial charge in [0, 0.05) is 27.2 Å². The lowest BCUT2D eigenvalue weighted by Gasteiger charge is -2.20. The first kappa shape index (κ1) is 18.6. The number of nitrogens with one attached hydrogen (secondary N) is 1. The summed E-state index contributed by atoms with van der Waals surface area (Å²) < 4.78 is 25.5. The van der Waals surface area contributed by atoms with Crippen molar-refractivity contribution in [2.24, 2.45) is 0 Å². The van der Waals surface area contributed by atoms with E-state index in [1.54, 1.807) is 18.2 Å². The molecule has 1 aromatic carbocycles. The van der Waals surface area contributed by atoms with Crippen LogP contribution in [0.1, 0.15) is 19.4 Å². The number of benzene rings is 1. The fourth-order valence-corrected chi connectivity index (χ4v) is 2.98. The van der Waals surface area contributed by atoms with E-state index in [4.69, 9.17) is 0 Å². The van der Waals surface area contributed by atoms with Gasteiger partial charge < -0.3 is 5.32 Å². The third-order valence-corrected chi connectivity index (χ3v) is 5.08. The van der Waals surface area contributed by atoms with Gasteiger partial charge in [-0.1, -0.05) is 19.1 Å². The van der Waals surface area contributed by atoms with Crippen LogP contribution in [0.5, 0.6) is 0 Å². The highest BCUT2D eigenvalue weighted by Gasteiger charge is 2.18. The molecule has 1 N–H and O–H groups in total. The van der Waals surface area contributed by atoms with E-state index in [0.29, 0.717) is 26.2 Å². The van der Waals surface area contributed by atoms with Crippen LogP contribution < -0.4 is 5.32 Å². The van der Waals surface area contributed by atoms with Gasteiger partial charge in [-0.3, -0.25) is 9.69 Å². The quantitative estimate of drug-likeness (QED) is 0.770. The predicted molar refractivity (Wildman–Crippen MR) is 86.9 cm³/mol. The number of nitrogens with zero attached hydrogens (tertiary/aromatic N) is 2. The molecule has 0 aliphatic carbocycles. The third kappa shape index (κ3) is 5.08. The molecule has 0 saturated heterocycles. The second-order valence-electron chi connectivity index (χ2n) is 5.19. The number of sulfonamides is 1. The zero-order chi connectivity index (χ0) is 16.8. The lowest BCUT2D eigenvalue weighted by Crippen LogP contribution is -2.36. The summed E-state index contributed by atoms with van der Waals surface area (Å²) in [6.45, 7) is 6.00. The molecule has 1 amide bonds. The van der Waals surface area contributed by atoms with Crippen LogP contribution in [0.3, 0.4) is 0 Å². The standard InChI is InChI=1S/C15H25N3O3S/c1-5-16-15(19)12-18(6-2)11-13-8-7-9-14(10-13)22(20,21)17(3)4/h7-10H,5-6,11-12H2,1-4H3,(H,16,19). The van der Waals surface area contributed by atoms with Crippen LogP contribution in [-0.4, -0.2) is 57.3 Å². The van der Waals surface area contributed by atoms with Crippen molar-refractivity contribution in [2.75, 3.05) is 33.7 Å². The van der Waals surface area contributed by atoms with Crippen molar-refractivity contribution in [3.05, 3.63) is 29.8 Å². The van der Waals surface area contributed by atoms with Gasteiger partial charge in [-0.15, -0.1) is 0 Å². The minimum absolute atomic E-state index is 0.0265. The van der Waals surface area contributed by atoms with E-state index in [1.165, 1.54) is 18.4 Å². The molecule has 1 rings (SSSR count). The second kappa shape index (κ2) is 8.26. The molecule has 0 fully saturated rings. The molecular weight excluding hydrogens is 302 g/mol. The van der Waals surface area contributed by atoms with Crippen molar-refractivity contribution >= 4 is 15.9 Å². The minimum atomic E-state index is -3.44. The Labute approximate surface area is 133 Å². The molecule has 0 spiro atoms. The minimum Gasteiger partial charge on any atom is -0.355 e. The Hall–Kier alpha value is -1.44. The van der Waals surface area contributed by atoms with Gasteiger partial charge in [0.25, 0.3) is 0 Å². The number of carbonyl (C=O) groups is 1. The number of rotatable bonds is 8. The molecule has 0 radical (unpaired) electrons. The SMILES string of the molecule is CCNC(=O)CN(CC)Cc1cccc(S(=O)(=O)N(C)C)c1. The van der Waals surface area contributed by atoms with E-state index in [-0.39, 0.29) is 10.8 Å². The van der Waals surface area contributed by atoms with E-state index in [1.807, 2.05) is 24.8 Å². The molecule has 0 heterocycles. The molecule has 7 heteroatoms. The van der Waals surface area contributed by atoms with Gasteiger partial charge in [0.1, 0.15) is 0 Å². The molecule has 6 nitrogen and oxygen atoms in total. The summed E-state index contributed by atoms with van der Waals surface area (Å²) in [6, 6.07) is 6.84. The maximum Gasteiger partial charge on any atom is 0.242 e. The van der Waals surface area contributed by atoms with Crippen molar-refractivity contribution in [1.82, 2.24) is 14.5 Å². The normalized spacial score (nSPS) is 11.9. The molecule has 0 bridgehead atoms. The average Bonchev–Trinajstić information content (AvgIpc) is 2.46. The summed E-state index contributed by atoms with van der Waals surface area (Å²) in [5.41, 5.74) is 0.870. The topological polar surface area (TPSA) is 69.7 Å². The van der Waals surface area contributed by atoms with Crippen LogP contribution in [-0.2, 0) is 21.4 Å². The summed E-state index contributed by atoms with van der Waals surface area (Å²) in [6.07, 6.45) is 0. The Morgan fingerprint density at radius 3 is 2.45 bits per heavy atom. The summed E-state index contributed by atoms with van der Waals surface area (Å²) in [4.78, 5) is 13.9. The van der Waals surface area contributed by atoms with Crippen LogP contribution in [0.4, 0.5) is 0 Å². The Kier molecular flexibility index (Phi) is 6.99. The van der Waals surface area contributed by atoms with Gasteiger partial charge >= 0.3 is 0 Å². The van der Waals surface area contributed by atoms with Crippen LogP contribution >= 0.6 is 0 Å². The molecule has 124 valence electrons. The first-order chi connectivity index (χ1) is 10.3. The van der Waals surface area contributed by atoms with Gasteiger partial charge in [-0.25, -0.2) is 12.7 Å². The first-order valence-electron chi connectivity index (χ1n) is 7.31. The Morgan fingerprint density at radius 2 is 1.91 bits per heavy atom. The van der Waals surface area contributed by atoms with Crippen LogP contribution in [0.25, 0.3) is 0 Å². The first-order valence-corrected chi connectivity index (χ1v) is 8.75. The second-order valence-corrected chi connectivity index (χ2v) is 7.34. The van der Waals surface area contributed by atoms with Crippen molar-refractivity contribution < 1.29 is 13.2 Å². The molecule has 22 heavy (non-hydrogen) atoms. The maximum absolute atomic E-state index is 12.2. The Morgan fingerprint density at radius 1 is 1.23 bits per heavy atom. The Balaban J connectivity index is 2.87. The molecular formula is C15H25N3O3S. The summed E-state index contributed by atoms with van der Waals surface area (Å²) in [5.74, 6) is -0.0265. The fourth-order valence-electron chi connectivity index (χ4n) is 2.01. The molecule has 0 aliphatic rings. The van der Waals surface area contributed by atoms with E-state index < -0.39 is 10.0 Å². The maximum atomic E-state index is 12.2. The fraction of sp³-hybridized carbons (Fsp3) is 0.533. The van der Waals surface area contributed by atoms with Crippen molar-refractivity contribution in [1.29, 1.82) is 0 Å². The smallest absolute Gasteiger partial charge is 0.242 e. The van der Waals surface area contributed by atoms with E-state index in [0.717, 1.165) is 5.56 Å². The van der Waals surface area contributed by atoms with Crippen molar-refractivity contribution in [3.63, 3.8) is 0 Å². The summed E-state index contributed by atoms with van der Waals surface area (Å²) in [5, 5.41) is 2.76. The summed E-state index contributed by atoms with van der Waals surface area (Å²) in [7, 11) is -0.419. The average molecular weight is 327 g/mol. The van der Waals surface area contributed by atoms with Crippen molar-refractivity contribution in [2.45, 2.75) is 25.3 Å². The molecule has 0 saturated carbocycles. The molecule has 1 aromatic rings. The molecule has 0 aromatic heterocycles. The van der Waals surface area contributed by atoms with Crippen LogP contribution in [0.2, 0.25) is 0 Å². The highest BCUT2D eigenvalue weighted by atomic mass is 32.2. The van der Waals surface area contributed by atoms with E-state index in [9.17, 15) is 13.2 Å². The van der Waals surface area contributed by atoms with Gasteiger partial charge in [0.2, 0.25) is 15.9 Å². The zero-order valence-corrected chi connectivity index (χ0v) is 14.5. The monoisotopic (exact) mass is 327 g/mol. The van der Waals surface area contributed by atoms with Gasteiger partial charge in [-0.05, 0) is 31.2 Å². The zero-order valence-electron chi connectivity index (χ0n) is 13.7. The van der Waals surface area contributed by atoms with Crippen molar-refractivity contribution in [3.8, 4) is 0 Å².